The lowest BCUT2D eigenvalue weighted by Crippen LogP contribution is -2.26. The fraction of sp³-hybridized carbons (Fsp3) is 0.273. The quantitative estimate of drug-likeness (QED) is 0.727. The van der Waals surface area contributed by atoms with Crippen molar-refractivity contribution < 1.29 is 9.21 Å². The first-order valence-electron chi connectivity index (χ1n) is 5.24. The van der Waals surface area contributed by atoms with Crippen molar-refractivity contribution in [1.82, 2.24) is 4.98 Å². The Balaban J connectivity index is 2.24. The summed E-state index contributed by atoms with van der Waals surface area (Å²) in [5, 5.41) is 2.71. The van der Waals surface area contributed by atoms with Crippen molar-refractivity contribution in [3.63, 3.8) is 0 Å². The van der Waals surface area contributed by atoms with E-state index in [2.05, 4.69) is 10.3 Å². The Hall–Kier alpha value is -2.08. The topological polar surface area (TPSA) is 101 Å². The molecule has 2 aromatic rings. The average Bonchev–Trinajstić information content (AvgIpc) is 2.67. The maximum absolute atomic E-state index is 11.6. The van der Waals surface area contributed by atoms with Gasteiger partial charge in [0.25, 0.3) is 0 Å². The van der Waals surface area contributed by atoms with E-state index >= 15 is 0 Å². The van der Waals surface area contributed by atoms with Crippen LogP contribution in [0.15, 0.2) is 27.4 Å². The molecule has 0 fully saturated rings. The number of nitrogens with two attached hydrogens (primary N) is 1. The van der Waals surface area contributed by atoms with Crippen LogP contribution < -0.4 is 16.8 Å². The smallest absolute Gasteiger partial charge is 0.408 e. The predicted molar refractivity (Wildman–Crippen MR) is 63.7 cm³/mol. The zero-order valence-electron chi connectivity index (χ0n) is 9.32. The second-order valence-corrected chi connectivity index (χ2v) is 3.85. The molecule has 4 N–H and O–H groups in total. The molecule has 1 aromatic carbocycles. The number of rotatable bonds is 3. The lowest BCUT2D eigenvalue weighted by atomic mass is 10.1. The SMILES string of the molecule is CC(CN)C(=O)Nc1ccc2oc(=O)[nH]c2c1. The average molecular weight is 235 g/mol. The number of hydrogen-bond donors (Lipinski definition) is 3. The molecule has 0 aliphatic heterocycles. The minimum absolute atomic E-state index is 0.155. The fourth-order valence-corrected chi connectivity index (χ4v) is 1.40. The number of aromatic amines is 1. The van der Waals surface area contributed by atoms with Crippen molar-refractivity contribution in [3.8, 4) is 0 Å². The van der Waals surface area contributed by atoms with Crippen LogP contribution in [0.1, 0.15) is 6.92 Å². The van der Waals surface area contributed by atoms with Crippen LogP contribution in [0.4, 0.5) is 5.69 Å². The number of fused-ring (bicyclic) bond motifs is 1. The molecule has 0 saturated heterocycles. The van der Waals surface area contributed by atoms with Crippen LogP contribution in [0.3, 0.4) is 0 Å². The van der Waals surface area contributed by atoms with Crippen molar-refractivity contribution in [2.75, 3.05) is 11.9 Å². The summed E-state index contributed by atoms with van der Waals surface area (Å²) in [6.45, 7) is 2.03. The van der Waals surface area contributed by atoms with Gasteiger partial charge in [0, 0.05) is 18.2 Å². The molecule has 0 radical (unpaired) electrons. The van der Waals surface area contributed by atoms with Gasteiger partial charge in [0.2, 0.25) is 5.91 Å². The number of oxazole rings is 1. The second-order valence-electron chi connectivity index (χ2n) is 3.85. The highest BCUT2D eigenvalue weighted by molar-refractivity contribution is 5.94. The molecule has 0 aliphatic carbocycles. The first-order chi connectivity index (χ1) is 8.10. The Kier molecular flexibility index (Phi) is 2.97. The van der Waals surface area contributed by atoms with Gasteiger partial charge in [-0.2, -0.15) is 0 Å². The summed E-state index contributed by atoms with van der Waals surface area (Å²) >= 11 is 0. The maximum atomic E-state index is 11.6. The zero-order chi connectivity index (χ0) is 12.4. The van der Waals surface area contributed by atoms with Crippen LogP contribution >= 0.6 is 0 Å². The Bertz CT molecular complexity index is 599. The third-order valence-corrected chi connectivity index (χ3v) is 2.49. The molecule has 90 valence electrons. The van der Waals surface area contributed by atoms with Gasteiger partial charge in [-0.05, 0) is 18.2 Å². The fourth-order valence-electron chi connectivity index (χ4n) is 1.40. The standard InChI is InChI=1S/C11H13N3O3/c1-6(5-12)10(15)13-7-2-3-9-8(4-7)14-11(16)17-9/h2-4,6H,5,12H2,1H3,(H,13,15)(H,14,16). The summed E-state index contributed by atoms with van der Waals surface area (Å²) in [5.74, 6) is -0.925. The van der Waals surface area contributed by atoms with E-state index in [0.29, 0.717) is 16.8 Å². The third-order valence-electron chi connectivity index (χ3n) is 2.49. The number of hydrogen-bond acceptors (Lipinski definition) is 4. The Labute approximate surface area is 96.8 Å². The largest absolute Gasteiger partial charge is 0.417 e. The number of amides is 1. The number of benzene rings is 1. The van der Waals surface area contributed by atoms with E-state index in [-0.39, 0.29) is 18.4 Å². The summed E-state index contributed by atoms with van der Waals surface area (Å²) in [6.07, 6.45) is 0. The molecule has 1 amide bonds. The highest BCUT2D eigenvalue weighted by Crippen LogP contribution is 2.16. The molecule has 1 unspecified atom stereocenters. The van der Waals surface area contributed by atoms with Gasteiger partial charge >= 0.3 is 5.76 Å². The maximum Gasteiger partial charge on any atom is 0.417 e. The molecular weight excluding hydrogens is 222 g/mol. The van der Waals surface area contributed by atoms with Crippen molar-refractivity contribution in [3.05, 3.63) is 28.7 Å². The van der Waals surface area contributed by atoms with Gasteiger partial charge in [-0.1, -0.05) is 6.92 Å². The lowest BCUT2D eigenvalue weighted by Gasteiger charge is -2.09. The highest BCUT2D eigenvalue weighted by Gasteiger charge is 2.11. The molecule has 17 heavy (non-hydrogen) atoms. The molecule has 1 aromatic heterocycles. The number of H-pyrrole nitrogens is 1. The summed E-state index contributed by atoms with van der Waals surface area (Å²) in [6, 6.07) is 4.93. The molecule has 1 atom stereocenters. The van der Waals surface area contributed by atoms with Crippen molar-refractivity contribution in [2.45, 2.75) is 6.92 Å². The normalized spacial score (nSPS) is 12.6. The molecule has 2 rings (SSSR count). The van der Waals surface area contributed by atoms with Crippen LogP contribution in [0.5, 0.6) is 0 Å². The van der Waals surface area contributed by atoms with Gasteiger partial charge in [-0.3, -0.25) is 9.78 Å². The van der Waals surface area contributed by atoms with E-state index in [1.165, 1.54) is 0 Å². The van der Waals surface area contributed by atoms with Crippen molar-refractivity contribution in [1.29, 1.82) is 0 Å². The Morgan fingerprint density at radius 3 is 3.06 bits per heavy atom. The monoisotopic (exact) mass is 235 g/mol. The third kappa shape index (κ3) is 2.36. The summed E-state index contributed by atoms with van der Waals surface area (Å²) in [7, 11) is 0. The van der Waals surface area contributed by atoms with Gasteiger partial charge < -0.3 is 15.5 Å². The van der Waals surface area contributed by atoms with Gasteiger partial charge in [-0.25, -0.2) is 4.79 Å². The molecule has 6 nitrogen and oxygen atoms in total. The molecule has 0 spiro atoms. The van der Waals surface area contributed by atoms with Crippen LogP contribution in [-0.4, -0.2) is 17.4 Å². The highest BCUT2D eigenvalue weighted by atomic mass is 16.4. The lowest BCUT2D eigenvalue weighted by molar-refractivity contribution is -0.119. The number of aromatic nitrogens is 1. The van der Waals surface area contributed by atoms with E-state index in [1.54, 1.807) is 25.1 Å². The summed E-state index contributed by atoms with van der Waals surface area (Å²) in [4.78, 5) is 25.1. The zero-order valence-corrected chi connectivity index (χ0v) is 9.32. The molecule has 1 heterocycles. The van der Waals surface area contributed by atoms with Crippen molar-refractivity contribution >= 4 is 22.7 Å². The Morgan fingerprint density at radius 2 is 2.35 bits per heavy atom. The van der Waals surface area contributed by atoms with E-state index < -0.39 is 5.76 Å². The summed E-state index contributed by atoms with van der Waals surface area (Å²) in [5.41, 5.74) is 7.00. The first kappa shape index (κ1) is 11.4. The number of nitrogens with one attached hydrogen (secondary N) is 2. The molecule has 6 heteroatoms. The van der Waals surface area contributed by atoms with Gasteiger partial charge in [0.15, 0.2) is 5.58 Å². The van der Waals surface area contributed by atoms with Crippen LogP contribution in [0.25, 0.3) is 11.1 Å². The molecule has 0 bridgehead atoms. The number of carbonyl (C=O) groups excluding carboxylic acids is 1. The number of anilines is 1. The second kappa shape index (κ2) is 4.42. The first-order valence-corrected chi connectivity index (χ1v) is 5.24. The van der Waals surface area contributed by atoms with Gasteiger partial charge in [0.05, 0.1) is 5.52 Å². The molecule has 0 saturated carbocycles. The van der Waals surface area contributed by atoms with Gasteiger partial charge in [0.1, 0.15) is 0 Å². The van der Waals surface area contributed by atoms with Crippen molar-refractivity contribution in [2.24, 2.45) is 11.7 Å². The minimum atomic E-state index is -0.515. The minimum Gasteiger partial charge on any atom is -0.408 e. The van der Waals surface area contributed by atoms with Crippen LogP contribution in [0.2, 0.25) is 0 Å². The summed E-state index contributed by atoms with van der Waals surface area (Å²) < 4.78 is 4.85. The van der Waals surface area contributed by atoms with Crippen LogP contribution in [0, 0.1) is 5.92 Å². The predicted octanol–water partition coefficient (Wildman–Crippen LogP) is 0.654. The van der Waals surface area contributed by atoms with E-state index in [1.807, 2.05) is 0 Å². The van der Waals surface area contributed by atoms with Gasteiger partial charge in [-0.15, -0.1) is 0 Å². The molecule has 0 aliphatic rings. The number of carbonyl (C=O) groups is 1. The Morgan fingerprint density at radius 1 is 1.59 bits per heavy atom. The van der Waals surface area contributed by atoms with E-state index in [0.717, 1.165) is 0 Å². The molecular formula is C11H13N3O3. The van der Waals surface area contributed by atoms with E-state index in [9.17, 15) is 9.59 Å². The van der Waals surface area contributed by atoms with Crippen LogP contribution in [-0.2, 0) is 4.79 Å². The van der Waals surface area contributed by atoms with E-state index in [4.69, 9.17) is 10.2 Å².